The lowest BCUT2D eigenvalue weighted by Crippen LogP contribution is -2.30. The Morgan fingerprint density at radius 1 is 1.38 bits per heavy atom. The van der Waals surface area contributed by atoms with Crippen molar-refractivity contribution < 1.29 is 14.0 Å². The molecule has 0 saturated carbocycles. The Morgan fingerprint density at radius 3 is 2.71 bits per heavy atom. The van der Waals surface area contributed by atoms with Gasteiger partial charge in [-0.2, -0.15) is 0 Å². The summed E-state index contributed by atoms with van der Waals surface area (Å²) in [5, 5.41) is 2.88. The van der Waals surface area contributed by atoms with Crippen LogP contribution in [-0.2, 0) is 15.6 Å². The predicted molar refractivity (Wildman–Crippen MR) is 80.1 cm³/mol. The third kappa shape index (κ3) is 4.05. The highest BCUT2D eigenvalue weighted by Gasteiger charge is 2.18. The summed E-state index contributed by atoms with van der Waals surface area (Å²) in [6.07, 6.45) is -0.651. The van der Waals surface area contributed by atoms with E-state index in [0.29, 0.717) is 16.6 Å². The summed E-state index contributed by atoms with van der Waals surface area (Å²) in [4.78, 5) is 36.4. The van der Waals surface area contributed by atoms with E-state index in [9.17, 15) is 14.2 Å². The molecule has 0 aliphatic rings. The maximum Gasteiger partial charge on any atom is 0.696 e. The molecule has 0 radical (unpaired) electrons. The van der Waals surface area contributed by atoms with Crippen molar-refractivity contribution in [2.75, 3.05) is 0 Å². The molecule has 1 aromatic heterocycles. The van der Waals surface area contributed by atoms with E-state index in [0.717, 1.165) is 4.47 Å². The number of rotatable bonds is 5. The van der Waals surface area contributed by atoms with Crippen LogP contribution in [0.25, 0.3) is 11.0 Å². The smallest absolute Gasteiger partial charge is 0.316 e. The van der Waals surface area contributed by atoms with E-state index in [1.807, 2.05) is 0 Å². The molecule has 21 heavy (non-hydrogen) atoms. The standard InChI is InChI=1S/C11H11BrN3O5P/c1-5(20-21(18)19)13-4-6-2-7(12)3-8-9(6)15-11(17)10(16)14-8/h2-3,5,13H,4H2,1H3,(H2-,14,15,16,17,18,19)/p+1/t5-/m0/s1. The van der Waals surface area contributed by atoms with Gasteiger partial charge in [-0.15, -0.1) is 9.42 Å². The fraction of sp³-hybridized carbons (Fsp3) is 0.273. The summed E-state index contributed by atoms with van der Waals surface area (Å²) in [6, 6.07) is 3.43. The van der Waals surface area contributed by atoms with Crippen LogP contribution in [0.15, 0.2) is 26.2 Å². The molecule has 2 aromatic rings. The Balaban J connectivity index is 2.35. The highest BCUT2D eigenvalue weighted by Crippen LogP contribution is 2.21. The fourth-order valence-electron chi connectivity index (χ4n) is 1.82. The molecule has 2 atom stereocenters. The van der Waals surface area contributed by atoms with Gasteiger partial charge in [0.15, 0.2) is 6.23 Å². The molecular formula is C11H12BrN3O5P+. The topological polar surface area (TPSA) is 124 Å². The highest BCUT2D eigenvalue weighted by atomic mass is 79.9. The molecule has 0 aliphatic carbocycles. The lowest BCUT2D eigenvalue weighted by atomic mass is 10.1. The number of H-pyrrole nitrogens is 2. The van der Waals surface area contributed by atoms with Crippen molar-refractivity contribution in [2.24, 2.45) is 0 Å². The Labute approximate surface area is 127 Å². The summed E-state index contributed by atoms with van der Waals surface area (Å²) in [5.41, 5.74) is 0.183. The van der Waals surface area contributed by atoms with Crippen molar-refractivity contribution in [3.8, 4) is 0 Å². The van der Waals surface area contributed by atoms with Crippen LogP contribution in [0.4, 0.5) is 0 Å². The normalized spacial score (nSPS) is 13.4. The van der Waals surface area contributed by atoms with Gasteiger partial charge in [0.2, 0.25) is 0 Å². The molecular weight excluding hydrogens is 365 g/mol. The first-order valence-electron chi connectivity index (χ1n) is 5.88. The maximum atomic E-state index is 11.4. The third-order valence-electron chi connectivity index (χ3n) is 2.71. The van der Waals surface area contributed by atoms with Gasteiger partial charge in [0, 0.05) is 15.6 Å². The average molecular weight is 377 g/mol. The van der Waals surface area contributed by atoms with Crippen molar-refractivity contribution >= 4 is 35.2 Å². The van der Waals surface area contributed by atoms with Gasteiger partial charge in [-0.25, -0.2) is 0 Å². The van der Waals surface area contributed by atoms with Gasteiger partial charge in [-0.3, -0.25) is 14.9 Å². The van der Waals surface area contributed by atoms with Gasteiger partial charge in [0.05, 0.1) is 11.0 Å². The molecule has 1 unspecified atom stereocenters. The second kappa shape index (κ2) is 6.59. The van der Waals surface area contributed by atoms with Crippen LogP contribution in [0.2, 0.25) is 0 Å². The number of hydrogen-bond acceptors (Lipinski definition) is 5. The van der Waals surface area contributed by atoms with E-state index in [1.54, 1.807) is 19.1 Å². The molecule has 0 aliphatic heterocycles. The van der Waals surface area contributed by atoms with Crippen molar-refractivity contribution in [2.45, 2.75) is 19.7 Å². The Hall–Kier alpha value is -1.38. The molecule has 0 bridgehead atoms. The van der Waals surface area contributed by atoms with Crippen molar-refractivity contribution in [1.82, 2.24) is 15.3 Å². The number of fused-ring (bicyclic) bond motifs is 1. The molecule has 2 rings (SSSR count). The van der Waals surface area contributed by atoms with E-state index in [2.05, 4.69) is 35.7 Å². The van der Waals surface area contributed by atoms with Crippen LogP contribution in [0, 0.1) is 0 Å². The highest BCUT2D eigenvalue weighted by molar-refractivity contribution is 9.10. The van der Waals surface area contributed by atoms with E-state index in [1.165, 1.54) is 0 Å². The summed E-state index contributed by atoms with van der Waals surface area (Å²) in [6.45, 7) is 1.84. The lowest BCUT2D eigenvalue weighted by Gasteiger charge is -2.10. The zero-order valence-electron chi connectivity index (χ0n) is 10.8. The second-order valence-corrected chi connectivity index (χ2v) is 5.86. The Bertz CT molecular complexity index is 803. The summed E-state index contributed by atoms with van der Waals surface area (Å²) >= 11 is 3.31. The summed E-state index contributed by atoms with van der Waals surface area (Å²) in [7, 11) is -2.70. The molecule has 112 valence electrons. The number of aromatic nitrogens is 2. The summed E-state index contributed by atoms with van der Waals surface area (Å²) < 4.78 is 15.9. The van der Waals surface area contributed by atoms with E-state index in [-0.39, 0.29) is 6.54 Å². The van der Waals surface area contributed by atoms with E-state index in [4.69, 9.17) is 4.89 Å². The Kier molecular flexibility index (Phi) is 5.02. The minimum absolute atomic E-state index is 0.266. The van der Waals surface area contributed by atoms with Crippen LogP contribution >= 0.6 is 24.2 Å². The first-order chi connectivity index (χ1) is 9.86. The summed E-state index contributed by atoms with van der Waals surface area (Å²) in [5.74, 6) is 0. The predicted octanol–water partition coefficient (Wildman–Crippen LogP) is 1.08. The van der Waals surface area contributed by atoms with Gasteiger partial charge in [-0.05, 0) is 24.6 Å². The molecule has 0 saturated heterocycles. The zero-order chi connectivity index (χ0) is 15.6. The van der Waals surface area contributed by atoms with Crippen LogP contribution in [0.1, 0.15) is 12.5 Å². The first-order valence-corrected chi connectivity index (χ1v) is 7.80. The van der Waals surface area contributed by atoms with Crippen LogP contribution < -0.4 is 16.4 Å². The molecule has 4 N–H and O–H groups in total. The maximum absolute atomic E-state index is 11.4. The number of benzene rings is 1. The van der Waals surface area contributed by atoms with Gasteiger partial charge in [0.25, 0.3) is 0 Å². The number of halogens is 1. The number of aromatic amines is 2. The molecule has 8 nitrogen and oxygen atoms in total. The average Bonchev–Trinajstić information content (AvgIpc) is 2.37. The molecule has 10 heteroatoms. The van der Waals surface area contributed by atoms with E-state index >= 15 is 0 Å². The lowest BCUT2D eigenvalue weighted by molar-refractivity contribution is 0.170. The van der Waals surface area contributed by atoms with Crippen LogP contribution in [0.5, 0.6) is 0 Å². The third-order valence-corrected chi connectivity index (χ3v) is 3.66. The first kappa shape index (κ1) is 16.0. The molecule has 0 fully saturated rings. The second-order valence-electron chi connectivity index (χ2n) is 4.26. The molecule has 0 amide bonds. The van der Waals surface area contributed by atoms with Crippen molar-refractivity contribution in [1.29, 1.82) is 0 Å². The van der Waals surface area contributed by atoms with Crippen molar-refractivity contribution in [3.63, 3.8) is 0 Å². The monoisotopic (exact) mass is 376 g/mol. The Morgan fingerprint density at radius 2 is 2.05 bits per heavy atom. The van der Waals surface area contributed by atoms with E-state index < -0.39 is 25.6 Å². The van der Waals surface area contributed by atoms with Gasteiger partial charge in [0.1, 0.15) is 0 Å². The van der Waals surface area contributed by atoms with Crippen LogP contribution in [0.3, 0.4) is 0 Å². The number of hydrogen-bond donors (Lipinski definition) is 4. The molecule has 0 spiro atoms. The van der Waals surface area contributed by atoms with Gasteiger partial charge >= 0.3 is 19.4 Å². The van der Waals surface area contributed by atoms with Crippen LogP contribution in [-0.4, -0.2) is 21.1 Å². The van der Waals surface area contributed by atoms with Gasteiger partial charge in [-0.1, -0.05) is 15.9 Å². The molecule has 1 aromatic carbocycles. The molecule has 1 heterocycles. The minimum atomic E-state index is -2.70. The zero-order valence-corrected chi connectivity index (χ0v) is 13.3. The SMILES string of the molecule is C[C@@H](NCc1cc(Br)cc2[nH]c(=O)c(=O)[nH]c12)O[P+](=O)O. The largest absolute Gasteiger partial charge is 0.696 e. The quantitative estimate of drug-likeness (QED) is 0.351. The van der Waals surface area contributed by atoms with Gasteiger partial charge < -0.3 is 9.97 Å². The fourth-order valence-corrected chi connectivity index (χ4v) is 2.67. The van der Waals surface area contributed by atoms with Crippen molar-refractivity contribution in [3.05, 3.63) is 42.9 Å². The number of nitrogens with one attached hydrogen (secondary N) is 3. The minimum Gasteiger partial charge on any atom is -0.316 e.